The standard InChI is InChI=1S/C7H12N4S/c8-3-6-4-11(10-9-6)7-1-2-12-5-7/h4,7H,1-3,5,8H2. The molecule has 2 N–H and O–H groups in total. The van der Waals surface area contributed by atoms with Crippen LogP contribution in [0.4, 0.5) is 0 Å². The van der Waals surface area contributed by atoms with Crippen LogP contribution in [0.5, 0.6) is 0 Å². The van der Waals surface area contributed by atoms with Gasteiger partial charge in [-0.3, -0.25) is 0 Å². The minimum atomic E-state index is 0.486. The van der Waals surface area contributed by atoms with Crippen molar-refractivity contribution in [2.24, 2.45) is 5.73 Å². The molecule has 1 aromatic rings. The van der Waals surface area contributed by atoms with Gasteiger partial charge in [0.05, 0.1) is 17.9 Å². The summed E-state index contributed by atoms with van der Waals surface area (Å²) in [5.74, 6) is 2.40. The molecule has 0 bridgehead atoms. The van der Waals surface area contributed by atoms with Crippen LogP contribution in [0.15, 0.2) is 6.20 Å². The van der Waals surface area contributed by atoms with Gasteiger partial charge in [-0.1, -0.05) is 5.21 Å². The van der Waals surface area contributed by atoms with Crippen LogP contribution in [0.25, 0.3) is 0 Å². The van der Waals surface area contributed by atoms with Crippen LogP contribution in [0.2, 0.25) is 0 Å². The summed E-state index contributed by atoms with van der Waals surface area (Å²) in [6, 6.07) is 0.544. The Balaban J connectivity index is 2.11. The zero-order valence-corrected chi connectivity index (χ0v) is 7.63. The minimum Gasteiger partial charge on any atom is -0.325 e. The highest BCUT2D eigenvalue weighted by Gasteiger charge is 2.18. The molecule has 2 heterocycles. The summed E-state index contributed by atoms with van der Waals surface area (Å²) in [7, 11) is 0. The second-order valence-electron chi connectivity index (χ2n) is 2.91. The molecule has 2 rings (SSSR count). The van der Waals surface area contributed by atoms with Gasteiger partial charge in [-0.2, -0.15) is 11.8 Å². The Morgan fingerprint density at radius 3 is 3.25 bits per heavy atom. The van der Waals surface area contributed by atoms with Gasteiger partial charge in [-0.25, -0.2) is 4.68 Å². The fraction of sp³-hybridized carbons (Fsp3) is 0.714. The maximum absolute atomic E-state index is 5.44. The number of nitrogens with two attached hydrogens (primary N) is 1. The molecule has 0 saturated carbocycles. The van der Waals surface area contributed by atoms with Crippen molar-refractivity contribution in [2.45, 2.75) is 19.0 Å². The summed E-state index contributed by atoms with van der Waals surface area (Å²) >= 11 is 1.97. The highest BCUT2D eigenvalue weighted by Crippen LogP contribution is 2.26. The molecule has 66 valence electrons. The summed E-state index contributed by atoms with van der Waals surface area (Å²) in [6.07, 6.45) is 3.16. The number of hydrogen-bond acceptors (Lipinski definition) is 4. The Morgan fingerprint density at radius 2 is 2.67 bits per heavy atom. The highest BCUT2D eigenvalue weighted by molar-refractivity contribution is 7.99. The lowest BCUT2D eigenvalue weighted by atomic mass is 10.3. The monoisotopic (exact) mass is 184 g/mol. The Morgan fingerprint density at radius 1 is 1.75 bits per heavy atom. The van der Waals surface area contributed by atoms with Crippen molar-refractivity contribution in [3.8, 4) is 0 Å². The van der Waals surface area contributed by atoms with Gasteiger partial charge in [0.1, 0.15) is 0 Å². The molecule has 0 aliphatic carbocycles. The lowest BCUT2D eigenvalue weighted by Crippen LogP contribution is -2.08. The summed E-state index contributed by atoms with van der Waals surface area (Å²) in [4.78, 5) is 0. The number of rotatable bonds is 2. The number of nitrogens with zero attached hydrogens (tertiary/aromatic N) is 3. The maximum atomic E-state index is 5.44. The van der Waals surface area contributed by atoms with E-state index in [0.29, 0.717) is 12.6 Å². The fourth-order valence-corrected chi connectivity index (χ4v) is 2.51. The van der Waals surface area contributed by atoms with E-state index in [-0.39, 0.29) is 0 Å². The lowest BCUT2D eigenvalue weighted by molar-refractivity contribution is 0.486. The van der Waals surface area contributed by atoms with Crippen molar-refractivity contribution in [2.75, 3.05) is 11.5 Å². The van der Waals surface area contributed by atoms with Crippen molar-refractivity contribution in [3.05, 3.63) is 11.9 Å². The topological polar surface area (TPSA) is 56.7 Å². The van der Waals surface area contributed by atoms with Crippen molar-refractivity contribution < 1.29 is 0 Å². The Hall–Kier alpha value is -0.550. The van der Waals surface area contributed by atoms with Crippen LogP contribution in [0.3, 0.4) is 0 Å². The quantitative estimate of drug-likeness (QED) is 0.723. The van der Waals surface area contributed by atoms with E-state index in [1.807, 2.05) is 22.6 Å². The van der Waals surface area contributed by atoms with Crippen molar-refractivity contribution in [1.82, 2.24) is 15.0 Å². The van der Waals surface area contributed by atoms with Crippen molar-refractivity contribution >= 4 is 11.8 Å². The first-order valence-electron chi connectivity index (χ1n) is 4.08. The van der Waals surface area contributed by atoms with E-state index in [1.54, 1.807) is 0 Å². The third kappa shape index (κ3) is 1.47. The number of aromatic nitrogens is 3. The van der Waals surface area contributed by atoms with E-state index in [9.17, 15) is 0 Å². The van der Waals surface area contributed by atoms with Crippen molar-refractivity contribution in [1.29, 1.82) is 0 Å². The second-order valence-corrected chi connectivity index (χ2v) is 4.06. The molecule has 5 heteroatoms. The fourth-order valence-electron chi connectivity index (χ4n) is 1.32. The van der Waals surface area contributed by atoms with Crippen LogP contribution in [0, 0.1) is 0 Å². The summed E-state index contributed by atoms with van der Waals surface area (Å²) in [6.45, 7) is 0.486. The number of hydrogen-bond donors (Lipinski definition) is 1. The van der Waals surface area contributed by atoms with Crippen LogP contribution in [-0.4, -0.2) is 26.5 Å². The Bertz CT molecular complexity index is 254. The molecule has 1 aliphatic rings. The maximum Gasteiger partial charge on any atom is 0.0962 e. The smallest absolute Gasteiger partial charge is 0.0962 e. The van der Waals surface area contributed by atoms with Gasteiger partial charge in [0.15, 0.2) is 0 Å². The molecule has 0 amide bonds. The van der Waals surface area contributed by atoms with E-state index in [0.717, 1.165) is 11.4 Å². The predicted molar refractivity (Wildman–Crippen MR) is 48.9 cm³/mol. The first-order chi connectivity index (χ1) is 5.90. The summed E-state index contributed by atoms with van der Waals surface area (Å²) < 4.78 is 1.95. The Labute approximate surface area is 75.5 Å². The molecule has 1 unspecified atom stereocenters. The SMILES string of the molecule is NCc1cn(C2CCSC2)nn1. The first kappa shape index (κ1) is 8.07. The molecule has 0 radical (unpaired) electrons. The van der Waals surface area contributed by atoms with E-state index in [4.69, 9.17) is 5.73 Å². The average Bonchev–Trinajstić information content (AvgIpc) is 2.75. The van der Waals surface area contributed by atoms with Crippen LogP contribution < -0.4 is 5.73 Å². The molecule has 1 atom stereocenters. The molecule has 0 aromatic carbocycles. The molecular formula is C7H12N4S. The summed E-state index contributed by atoms with van der Waals surface area (Å²) in [5, 5.41) is 8.00. The summed E-state index contributed by atoms with van der Waals surface area (Å²) in [5.41, 5.74) is 6.32. The van der Waals surface area contributed by atoms with Gasteiger partial charge in [0, 0.05) is 12.3 Å². The van der Waals surface area contributed by atoms with Gasteiger partial charge in [-0.05, 0) is 12.2 Å². The normalized spacial score (nSPS) is 23.2. The molecule has 0 spiro atoms. The van der Waals surface area contributed by atoms with E-state index >= 15 is 0 Å². The van der Waals surface area contributed by atoms with Crippen molar-refractivity contribution in [3.63, 3.8) is 0 Å². The minimum absolute atomic E-state index is 0.486. The van der Waals surface area contributed by atoms with E-state index < -0.39 is 0 Å². The molecular weight excluding hydrogens is 172 g/mol. The van der Waals surface area contributed by atoms with Gasteiger partial charge >= 0.3 is 0 Å². The Kier molecular flexibility index (Phi) is 2.32. The predicted octanol–water partition coefficient (Wildman–Crippen LogP) is 0.415. The van der Waals surface area contributed by atoms with Gasteiger partial charge < -0.3 is 5.73 Å². The van der Waals surface area contributed by atoms with E-state index in [1.165, 1.54) is 12.2 Å². The molecule has 12 heavy (non-hydrogen) atoms. The zero-order valence-electron chi connectivity index (χ0n) is 6.81. The first-order valence-corrected chi connectivity index (χ1v) is 5.24. The van der Waals surface area contributed by atoms with Gasteiger partial charge in [0.2, 0.25) is 0 Å². The van der Waals surface area contributed by atoms with Crippen LogP contribution >= 0.6 is 11.8 Å². The zero-order chi connectivity index (χ0) is 8.39. The van der Waals surface area contributed by atoms with Crippen LogP contribution in [0.1, 0.15) is 18.2 Å². The largest absolute Gasteiger partial charge is 0.325 e. The second kappa shape index (κ2) is 3.45. The highest BCUT2D eigenvalue weighted by atomic mass is 32.2. The van der Waals surface area contributed by atoms with Gasteiger partial charge in [-0.15, -0.1) is 5.10 Å². The molecule has 1 fully saturated rings. The molecule has 1 aromatic heterocycles. The average molecular weight is 184 g/mol. The molecule has 1 aliphatic heterocycles. The van der Waals surface area contributed by atoms with E-state index in [2.05, 4.69) is 10.3 Å². The third-order valence-electron chi connectivity index (χ3n) is 2.05. The molecule has 1 saturated heterocycles. The van der Waals surface area contributed by atoms with Gasteiger partial charge in [0.25, 0.3) is 0 Å². The molecule has 4 nitrogen and oxygen atoms in total. The number of thioether (sulfide) groups is 1. The lowest BCUT2D eigenvalue weighted by Gasteiger charge is -2.05. The third-order valence-corrected chi connectivity index (χ3v) is 3.19. The van der Waals surface area contributed by atoms with Crippen LogP contribution in [-0.2, 0) is 6.54 Å².